The first-order chi connectivity index (χ1) is 9.13. The lowest BCUT2D eigenvalue weighted by atomic mass is 10.1. The predicted molar refractivity (Wildman–Crippen MR) is 78.0 cm³/mol. The van der Waals surface area contributed by atoms with Crippen molar-refractivity contribution in [2.75, 3.05) is 32.1 Å². The van der Waals surface area contributed by atoms with Crippen LogP contribution in [0.5, 0.6) is 0 Å². The maximum absolute atomic E-state index is 12.3. The van der Waals surface area contributed by atoms with Gasteiger partial charge in [0.25, 0.3) is 0 Å². The zero-order valence-electron chi connectivity index (χ0n) is 11.7. The molecule has 4 heteroatoms. The first-order valence-corrected chi connectivity index (χ1v) is 6.85. The van der Waals surface area contributed by atoms with Crippen molar-refractivity contribution in [1.29, 1.82) is 0 Å². The standard InChI is InChI=1S/C15H23N3O/c1-17(14(10-16)12-8-9-12)11-15(19)18(2)13-6-4-3-5-7-13/h3-7,12,14H,8-11,16H2,1-2H3. The van der Waals surface area contributed by atoms with Gasteiger partial charge in [0, 0.05) is 25.3 Å². The van der Waals surface area contributed by atoms with Gasteiger partial charge in [-0.25, -0.2) is 0 Å². The second kappa shape index (κ2) is 6.17. The zero-order chi connectivity index (χ0) is 13.8. The summed E-state index contributed by atoms with van der Waals surface area (Å²) < 4.78 is 0. The summed E-state index contributed by atoms with van der Waals surface area (Å²) in [5.41, 5.74) is 6.74. The Kier molecular flexibility index (Phi) is 4.56. The molecular formula is C15H23N3O. The summed E-state index contributed by atoms with van der Waals surface area (Å²) in [4.78, 5) is 16.1. The molecule has 1 unspecified atom stereocenters. The smallest absolute Gasteiger partial charge is 0.240 e. The summed E-state index contributed by atoms with van der Waals surface area (Å²) in [6.07, 6.45) is 2.49. The molecule has 0 bridgehead atoms. The summed E-state index contributed by atoms with van der Waals surface area (Å²) in [5.74, 6) is 0.789. The number of rotatable bonds is 6. The van der Waals surface area contributed by atoms with Gasteiger partial charge in [-0.05, 0) is 37.9 Å². The molecular weight excluding hydrogens is 238 g/mol. The van der Waals surface area contributed by atoms with Crippen LogP contribution in [0.25, 0.3) is 0 Å². The Morgan fingerprint density at radius 1 is 1.32 bits per heavy atom. The Morgan fingerprint density at radius 3 is 2.47 bits per heavy atom. The van der Waals surface area contributed by atoms with Crippen LogP contribution in [-0.2, 0) is 4.79 Å². The quantitative estimate of drug-likeness (QED) is 0.840. The van der Waals surface area contributed by atoms with Crippen molar-refractivity contribution in [1.82, 2.24) is 4.90 Å². The number of likely N-dealkylation sites (N-methyl/N-ethyl adjacent to an activating group) is 2. The van der Waals surface area contributed by atoms with Crippen LogP contribution in [0.2, 0.25) is 0 Å². The molecule has 0 aromatic heterocycles. The third-order valence-corrected chi connectivity index (χ3v) is 3.88. The number of nitrogens with two attached hydrogens (primary N) is 1. The molecule has 4 nitrogen and oxygen atoms in total. The number of hydrogen-bond donors (Lipinski definition) is 1. The van der Waals surface area contributed by atoms with Crippen molar-refractivity contribution in [2.45, 2.75) is 18.9 Å². The van der Waals surface area contributed by atoms with Crippen LogP contribution in [0.15, 0.2) is 30.3 Å². The Balaban J connectivity index is 1.93. The van der Waals surface area contributed by atoms with Gasteiger partial charge in [-0.1, -0.05) is 18.2 Å². The van der Waals surface area contributed by atoms with Crippen molar-refractivity contribution < 1.29 is 4.79 Å². The van der Waals surface area contributed by atoms with Crippen LogP contribution in [0.4, 0.5) is 5.69 Å². The fraction of sp³-hybridized carbons (Fsp3) is 0.533. The molecule has 0 radical (unpaired) electrons. The lowest BCUT2D eigenvalue weighted by Crippen LogP contribution is -2.45. The fourth-order valence-electron chi connectivity index (χ4n) is 2.45. The summed E-state index contributed by atoms with van der Waals surface area (Å²) in [6, 6.07) is 10.1. The minimum atomic E-state index is 0.104. The van der Waals surface area contributed by atoms with E-state index in [1.165, 1.54) is 12.8 Å². The monoisotopic (exact) mass is 261 g/mol. The number of anilines is 1. The van der Waals surface area contributed by atoms with E-state index in [0.29, 0.717) is 25.0 Å². The molecule has 1 amide bonds. The van der Waals surface area contributed by atoms with E-state index >= 15 is 0 Å². The summed E-state index contributed by atoms with van der Waals surface area (Å²) >= 11 is 0. The van der Waals surface area contributed by atoms with Crippen LogP contribution in [-0.4, -0.2) is 44.0 Å². The molecule has 2 rings (SSSR count). The van der Waals surface area contributed by atoms with Crippen molar-refractivity contribution in [3.8, 4) is 0 Å². The number of amides is 1. The van der Waals surface area contributed by atoms with Crippen LogP contribution >= 0.6 is 0 Å². The van der Waals surface area contributed by atoms with E-state index in [4.69, 9.17) is 5.73 Å². The number of hydrogen-bond acceptors (Lipinski definition) is 3. The molecule has 1 atom stereocenters. The number of benzene rings is 1. The second-order valence-corrected chi connectivity index (χ2v) is 5.34. The average molecular weight is 261 g/mol. The second-order valence-electron chi connectivity index (χ2n) is 5.34. The topological polar surface area (TPSA) is 49.6 Å². The first-order valence-electron chi connectivity index (χ1n) is 6.85. The molecule has 0 saturated heterocycles. The van der Waals surface area contributed by atoms with Gasteiger partial charge in [-0.2, -0.15) is 0 Å². The van der Waals surface area contributed by atoms with Crippen LogP contribution < -0.4 is 10.6 Å². The highest BCUT2D eigenvalue weighted by Gasteiger charge is 2.33. The van der Waals surface area contributed by atoms with Crippen molar-refractivity contribution in [2.24, 2.45) is 11.7 Å². The molecule has 0 spiro atoms. The Hall–Kier alpha value is -1.39. The minimum Gasteiger partial charge on any atom is -0.329 e. The highest BCUT2D eigenvalue weighted by atomic mass is 16.2. The summed E-state index contributed by atoms with van der Waals surface area (Å²) in [6.45, 7) is 1.05. The molecule has 1 aliphatic carbocycles. The van der Waals surface area contributed by atoms with Crippen LogP contribution in [0, 0.1) is 5.92 Å². The van der Waals surface area contributed by atoms with E-state index in [2.05, 4.69) is 4.90 Å². The molecule has 0 aliphatic heterocycles. The highest BCUT2D eigenvalue weighted by molar-refractivity contribution is 5.94. The summed E-state index contributed by atoms with van der Waals surface area (Å²) in [7, 11) is 3.81. The van der Waals surface area contributed by atoms with Crippen LogP contribution in [0.3, 0.4) is 0 Å². The van der Waals surface area contributed by atoms with Gasteiger partial charge >= 0.3 is 0 Å². The van der Waals surface area contributed by atoms with E-state index in [1.807, 2.05) is 44.4 Å². The van der Waals surface area contributed by atoms with Crippen LogP contribution in [0.1, 0.15) is 12.8 Å². The van der Waals surface area contributed by atoms with Crippen molar-refractivity contribution in [3.05, 3.63) is 30.3 Å². The Morgan fingerprint density at radius 2 is 1.95 bits per heavy atom. The number of para-hydroxylation sites is 1. The number of carbonyl (C=O) groups is 1. The van der Waals surface area contributed by atoms with Crippen molar-refractivity contribution in [3.63, 3.8) is 0 Å². The molecule has 1 aromatic rings. The zero-order valence-corrected chi connectivity index (χ0v) is 11.7. The molecule has 0 heterocycles. The molecule has 1 fully saturated rings. The fourth-order valence-corrected chi connectivity index (χ4v) is 2.45. The third-order valence-electron chi connectivity index (χ3n) is 3.88. The molecule has 104 valence electrons. The largest absolute Gasteiger partial charge is 0.329 e. The van der Waals surface area contributed by atoms with Gasteiger partial charge < -0.3 is 10.6 Å². The molecule has 1 saturated carbocycles. The first kappa shape index (κ1) is 14.0. The van der Waals surface area contributed by atoms with E-state index in [0.717, 1.165) is 5.69 Å². The number of carbonyl (C=O) groups excluding carboxylic acids is 1. The average Bonchev–Trinajstić information content (AvgIpc) is 3.24. The van der Waals surface area contributed by atoms with E-state index in [1.54, 1.807) is 4.90 Å². The molecule has 1 aliphatic rings. The van der Waals surface area contributed by atoms with Gasteiger partial charge in [0.15, 0.2) is 0 Å². The number of nitrogens with zero attached hydrogens (tertiary/aromatic N) is 2. The minimum absolute atomic E-state index is 0.104. The van der Waals surface area contributed by atoms with Gasteiger partial charge in [0.1, 0.15) is 0 Å². The van der Waals surface area contributed by atoms with E-state index < -0.39 is 0 Å². The maximum atomic E-state index is 12.3. The van der Waals surface area contributed by atoms with Gasteiger partial charge in [0.05, 0.1) is 6.54 Å². The van der Waals surface area contributed by atoms with E-state index in [-0.39, 0.29) is 5.91 Å². The van der Waals surface area contributed by atoms with E-state index in [9.17, 15) is 4.79 Å². The summed E-state index contributed by atoms with van der Waals surface area (Å²) in [5, 5.41) is 0. The Labute approximate surface area is 115 Å². The lowest BCUT2D eigenvalue weighted by molar-refractivity contribution is -0.119. The lowest BCUT2D eigenvalue weighted by Gasteiger charge is -2.28. The Bertz CT molecular complexity index is 417. The van der Waals surface area contributed by atoms with Gasteiger partial charge in [0.2, 0.25) is 5.91 Å². The highest BCUT2D eigenvalue weighted by Crippen LogP contribution is 2.34. The molecule has 2 N–H and O–H groups in total. The normalized spacial score (nSPS) is 16.4. The maximum Gasteiger partial charge on any atom is 0.240 e. The third kappa shape index (κ3) is 3.55. The SMILES string of the molecule is CN(C(=O)CN(C)C(CN)C1CC1)c1ccccc1. The molecule has 19 heavy (non-hydrogen) atoms. The molecule has 1 aromatic carbocycles. The van der Waals surface area contributed by atoms with Crippen molar-refractivity contribution >= 4 is 11.6 Å². The van der Waals surface area contributed by atoms with Gasteiger partial charge in [-0.15, -0.1) is 0 Å². The van der Waals surface area contributed by atoms with Gasteiger partial charge in [-0.3, -0.25) is 9.69 Å². The predicted octanol–water partition coefficient (Wildman–Crippen LogP) is 1.32.